The number of aliphatic hydroxyl groups excluding tert-OH is 9. The average molecular weight is 1630 g/mol. The number of hydrogen-bond donors (Lipinski definition) is 9. The molecule has 9 N–H and O–H groups in total. The molecule has 4 fully saturated rings. The van der Waals surface area contributed by atoms with Crippen molar-refractivity contribution in [3.63, 3.8) is 0 Å². The molecule has 0 bridgehead atoms. The SMILES string of the molecule is C/C=C(/C)CC/C=C(/C)CC/C=C(/C)CC/C=C(/C)CC/C=C(/C)CC/C=C(/C)CC/C=C(/C)CC/C=C(/C)CC/C=C(\C)CC/C=C(\C)CC/C=C(\C)COP(=O)([O-])OP(=O)([O-])O[C@H]1O[C@H](CO)[C@@H](O)[C@H](O[C@@H]2O[C@@H](C)[C@@H](O[C@@H]3O[C@@H](C)[C@@H](O)[C@@H](O[C@@H]4O[C@H](CO)[C@H](O)[C@H](O)C4OC(C)=O)[C@@H]3O)[C@@H](O)[C@@H]2OC(C)=O)[C@H]1O. The maximum absolute atomic E-state index is 13.2. The van der Waals surface area contributed by atoms with Crippen molar-refractivity contribution in [1.29, 1.82) is 0 Å². The van der Waals surface area contributed by atoms with Crippen LogP contribution in [0.2, 0.25) is 0 Å². The van der Waals surface area contributed by atoms with Gasteiger partial charge in [-0.1, -0.05) is 128 Å². The predicted molar refractivity (Wildman–Crippen MR) is 421 cm³/mol. The molecule has 0 spiro atoms. The summed E-state index contributed by atoms with van der Waals surface area (Å²) in [6.07, 6.45) is 8.47. The quantitative estimate of drug-likeness (QED) is 0.0155. The van der Waals surface area contributed by atoms with E-state index in [1.54, 1.807) is 13.0 Å². The number of carbonyl (C=O) groups excluding carboxylic acids is 2. The predicted octanol–water partition coefficient (Wildman–Crippen LogP) is 11.7. The van der Waals surface area contributed by atoms with Crippen LogP contribution in [0, 0.1) is 0 Å². The molecule has 4 saturated heterocycles. The molecule has 0 aromatic rings. The van der Waals surface area contributed by atoms with Crippen molar-refractivity contribution < 1.29 is 130 Å². The van der Waals surface area contributed by atoms with Gasteiger partial charge in [0.1, 0.15) is 73.2 Å². The molecule has 4 aliphatic heterocycles. The van der Waals surface area contributed by atoms with Crippen LogP contribution >= 0.6 is 15.6 Å². The van der Waals surface area contributed by atoms with Crippen LogP contribution in [0.1, 0.15) is 239 Å². The zero-order valence-corrected chi connectivity index (χ0v) is 70.7. The molecule has 29 heteroatoms. The van der Waals surface area contributed by atoms with Gasteiger partial charge in [0, 0.05) is 13.8 Å². The number of carbonyl (C=O) groups is 2. The highest BCUT2D eigenvalue weighted by Crippen LogP contribution is 2.57. The summed E-state index contributed by atoms with van der Waals surface area (Å²) in [5, 5.41) is 98.2. The lowest BCUT2D eigenvalue weighted by molar-refractivity contribution is -0.384. The Kier molecular flexibility index (Phi) is 45.7. The highest BCUT2D eigenvalue weighted by atomic mass is 31.3. The molecule has 4 aliphatic rings. The topological polar surface area (TPSA) is 407 Å². The first-order valence-corrected chi connectivity index (χ1v) is 42.5. The molecule has 0 aromatic carbocycles. The monoisotopic (exact) mass is 1620 g/mol. The number of allylic oxidation sites excluding steroid dienone is 21. The van der Waals surface area contributed by atoms with E-state index in [0.29, 0.717) is 18.4 Å². The van der Waals surface area contributed by atoms with E-state index in [1.807, 2.05) is 6.92 Å². The second kappa shape index (κ2) is 51.1. The van der Waals surface area contributed by atoms with Crippen LogP contribution in [0.5, 0.6) is 0 Å². The van der Waals surface area contributed by atoms with Crippen LogP contribution < -0.4 is 9.79 Å². The van der Waals surface area contributed by atoms with Crippen molar-refractivity contribution in [3.8, 4) is 0 Å². The van der Waals surface area contributed by atoms with Crippen LogP contribution in [0.3, 0.4) is 0 Å². The fourth-order valence-corrected chi connectivity index (χ4v) is 15.3. The summed E-state index contributed by atoms with van der Waals surface area (Å²) >= 11 is 0. The Labute approximate surface area is 665 Å². The minimum absolute atomic E-state index is 0.422. The zero-order valence-electron chi connectivity index (χ0n) is 68.9. The number of hydrogen-bond acceptors (Lipinski definition) is 27. The summed E-state index contributed by atoms with van der Waals surface area (Å²) in [7, 11) is -11.8. The van der Waals surface area contributed by atoms with Crippen LogP contribution in [-0.2, 0) is 74.7 Å². The zero-order chi connectivity index (χ0) is 83.6. The average Bonchev–Trinajstić information content (AvgIpc) is 0.758. The molecule has 0 radical (unpaired) electrons. The van der Waals surface area contributed by atoms with E-state index < -0.39 is 170 Å². The summed E-state index contributed by atoms with van der Waals surface area (Å²) in [6.45, 7) is 27.8. The number of phosphoric ester groups is 2. The highest BCUT2D eigenvalue weighted by molar-refractivity contribution is 7.59. The van der Waals surface area contributed by atoms with Crippen molar-refractivity contribution in [2.24, 2.45) is 0 Å². The van der Waals surface area contributed by atoms with Gasteiger partial charge >= 0.3 is 11.9 Å². The van der Waals surface area contributed by atoms with E-state index in [4.69, 9.17) is 51.7 Å². The van der Waals surface area contributed by atoms with Gasteiger partial charge in [0.2, 0.25) is 0 Å². The second-order valence-electron chi connectivity index (χ2n) is 30.6. The van der Waals surface area contributed by atoms with E-state index in [-0.39, 0.29) is 0 Å². The number of rotatable bonds is 47. The third-order valence-electron chi connectivity index (χ3n) is 20.3. The fraction of sp³-hybridized carbons (Fsp3) is 0.711. The Morgan fingerprint density at radius 3 is 1.02 bits per heavy atom. The number of phosphoric acid groups is 2. The van der Waals surface area contributed by atoms with Gasteiger partial charge in [-0.3, -0.25) is 23.2 Å². The molecule has 27 nitrogen and oxygen atoms in total. The molecule has 4 heterocycles. The first-order chi connectivity index (χ1) is 52.8. The van der Waals surface area contributed by atoms with E-state index in [1.165, 1.54) is 64.0 Å². The molecule has 112 heavy (non-hydrogen) atoms. The minimum atomic E-state index is -6.09. The van der Waals surface area contributed by atoms with Gasteiger partial charge in [-0.15, -0.1) is 0 Å². The lowest BCUT2D eigenvalue weighted by Gasteiger charge is -2.49. The molecule has 3 unspecified atom stereocenters. The van der Waals surface area contributed by atoms with Gasteiger partial charge < -0.3 is 103 Å². The maximum atomic E-state index is 13.2. The minimum Gasteiger partial charge on any atom is -0.756 e. The van der Waals surface area contributed by atoms with E-state index >= 15 is 0 Å². The van der Waals surface area contributed by atoms with Gasteiger partial charge in [0.15, 0.2) is 37.4 Å². The molecule has 0 saturated carbocycles. The van der Waals surface area contributed by atoms with Crippen LogP contribution in [0.4, 0.5) is 0 Å². The standard InChI is InChI=1S/C83H136O27P2/c1-17-51(2)28-18-29-52(3)30-19-31-53(4)32-20-33-54(5)34-21-35-55(6)36-22-37-56(7)38-23-39-57(8)40-24-41-58(9)42-25-43-59(10)44-26-45-60(11)46-27-47-61(12)50-99-111(95,96)110-112(97,98)109-81-74(94)77(70(90)67(49-85)104-81)108-82-79(103-65(16)87)72(92)75(63(14)101-82)106-80-73(93)76(68(88)62(13)100-80)107-83-78(102-64(15)86)71(91)69(89)66(48-84)105-83/h17,29,31,33,35,37,39,41,43,45,47,62-63,66-85,88-94H,18-28,30,32,34,36,38,40,42,44,46,48-50H2,1-16H3,(H,95,96)(H,97,98)/p-2/b51-17-,52-29-,53-31-,54-33-,55-35-,56-37-,57-39-,58-41-,59-43+,60-45+,61-47+/t62-,63-,66+,67+,68+,69-,70+,71-,72+,73-,74+,75+,76+,77-,78?,79-,80-,81+,82-,83-/m0/s1. The number of esters is 2. The second-order valence-corrected chi connectivity index (χ2v) is 33.5. The molecule has 640 valence electrons. The molecule has 0 aliphatic carbocycles. The van der Waals surface area contributed by atoms with Gasteiger partial charge in [-0.25, -0.2) is 4.31 Å². The normalized spacial score (nSPS) is 31.3. The Morgan fingerprint density at radius 2 is 0.652 bits per heavy atom. The molecule has 0 amide bonds. The van der Waals surface area contributed by atoms with Crippen molar-refractivity contribution in [1.82, 2.24) is 0 Å². The third kappa shape index (κ3) is 36.3. The molecule has 22 atom stereocenters. The van der Waals surface area contributed by atoms with Gasteiger partial charge in [0.05, 0.1) is 32.0 Å². The van der Waals surface area contributed by atoms with E-state index in [2.05, 4.69) is 134 Å². The molecular weight excluding hydrogens is 1490 g/mol. The Morgan fingerprint density at radius 1 is 0.348 bits per heavy atom. The molecule has 4 rings (SSSR count). The van der Waals surface area contributed by atoms with Crippen molar-refractivity contribution >= 4 is 27.6 Å². The Hall–Kier alpha value is -4.30. The van der Waals surface area contributed by atoms with E-state index in [0.717, 1.165) is 135 Å². The maximum Gasteiger partial charge on any atom is 0.303 e. The van der Waals surface area contributed by atoms with Crippen molar-refractivity contribution in [3.05, 3.63) is 128 Å². The summed E-state index contributed by atoms with van der Waals surface area (Å²) < 4.78 is 90.7. The Balaban J connectivity index is 1.16. The summed E-state index contributed by atoms with van der Waals surface area (Å²) in [4.78, 5) is 50.6. The van der Waals surface area contributed by atoms with Crippen molar-refractivity contribution in [2.75, 3.05) is 19.8 Å². The first-order valence-electron chi connectivity index (χ1n) is 39.5. The largest absolute Gasteiger partial charge is 0.756 e. The van der Waals surface area contributed by atoms with Crippen LogP contribution in [-0.4, -0.2) is 201 Å². The molecule has 0 aromatic heterocycles. The fourth-order valence-electron chi connectivity index (χ4n) is 13.2. The number of ether oxygens (including phenoxy) is 9. The van der Waals surface area contributed by atoms with E-state index in [9.17, 15) is 74.5 Å². The van der Waals surface area contributed by atoms with Gasteiger partial charge in [0.25, 0.3) is 15.6 Å². The summed E-state index contributed by atoms with van der Waals surface area (Å²) in [5.74, 6) is -2.00. The first kappa shape index (κ1) is 100. The smallest absolute Gasteiger partial charge is 0.303 e. The van der Waals surface area contributed by atoms with Gasteiger partial charge in [-0.2, -0.15) is 0 Å². The summed E-state index contributed by atoms with van der Waals surface area (Å²) in [6, 6.07) is 0. The third-order valence-corrected chi connectivity index (χ3v) is 22.9. The van der Waals surface area contributed by atoms with Gasteiger partial charge in [-0.05, 0) is 225 Å². The van der Waals surface area contributed by atoms with Crippen LogP contribution in [0.15, 0.2) is 128 Å². The highest BCUT2D eigenvalue weighted by Gasteiger charge is 2.56. The van der Waals surface area contributed by atoms with Crippen molar-refractivity contribution in [2.45, 2.75) is 362 Å². The lowest BCUT2D eigenvalue weighted by Crippen LogP contribution is -2.67. The lowest BCUT2D eigenvalue weighted by atomic mass is 9.96. The Bertz CT molecular complexity index is 3350. The summed E-state index contributed by atoms with van der Waals surface area (Å²) in [5.41, 5.74) is 14.5. The van der Waals surface area contributed by atoms with Crippen LogP contribution in [0.25, 0.3) is 0 Å². The number of aliphatic hydroxyl groups is 9. The molecular formula is C83H134O27P2-2.